The Hall–Kier alpha value is -1.60. The van der Waals surface area contributed by atoms with Gasteiger partial charge in [-0.25, -0.2) is 8.42 Å². The Balaban J connectivity index is 2.05. The van der Waals surface area contributed by atoms with Gasteiger partial charge in [-0.3, -0.25) is 4.99 Å². The van der Waals surface area contributed by atoms with Crippen LogP contribution in [-0.2, 0) is 16.6 Å². The molecule has 6 nitrogen and oxygen atoms in total. The van der Waals surface area contributed by atoms with E-state index in [1.54, 1.807) is 26.2 Å². The molecule has 1 fully saturated rings. The SMILES string of the molecule is CN=C(NCc1ccc(S(=O)(=O)N(C)C(C)C)cc1)N1CC(C)(C)C1(C)C. The van der Waals surface area contributed by atoms with Crippen LogP contribution >= 0.6 is 0 Å². The summed E-state index contributed by atoms with van der Waals surface area (Å²) in [4.78, 5) is 7.01. The van der Waals surface area contributed by atoms with Gasteiger partial charge in [0.2, 0.25) is 10.0 Å². The lowest BCUT2D eigenvalue weighted by atomic mass is 9.65. The molecule has 1 aromatic carbocycles. The molecule has 0 bridgehead atoms. The maximum Gasteiger partial charge on any atom is 0.243 e. The smallest absolute Gasteiger partial charge is 0.243 e. The highest BCUT2D eigenvalue weighted by Gasteiger charge is 2.53. The Morgan fingerprint density at radius 3 is 2.19 bits per heavy atom. The predicted molar refractivity (Wildman–Crippen MR) is 111 cm³/mol. The monoisotopic (exact) mass is 394 g/mol. The summed E-state index contributed by atoms with van der Waals surface area (Å²) in [5.74, 6) is 0.871. The second-order valence-electron chi connectivity index (χ2n) is 8.69. The van der Waals surface area contributed by atoms with Crippen molar-refractivity contribution in [1.29, 1.82) is 0 Å². The van der Waals surface area contributed by atoms with Gasteiger partial charge in [0.25, 0.3) is 0 Å². The van der Waals surface area contributed by atoms with Crippen molar-refractivity contribution in [3.63, 3.8) is 0 Å². The largest absolute Gasteiger partial charge is 0.352 e. The Morgan fingerprint density at radius 1 is 1.22 bits per heavy atom. The van der Waals surface area contributed by atoms with Crippen LogP contribution in [0.1, 0.15) is 47.1 Å². The molecule has 1 heterocycles. The third kappa shape index (κ3) is 3.99. The third-order valence-corrected chi connectivity index (χ3v) is 8.18. The second kappa shape index (κ2) is 7.43. The average Bonchev–Trinajstić information content (AvgIpc) is 2.60. The van der Waals surface area contributed by atoms with E-state index in [1.165, 1.54) is 4.31 Å². The van der Waals surface area contributed by atoms with Crippen molar-refractivity contribution < 1.29 is 8.42 Å². The minimum Gasteiger partial charge on any atom is -0.352 e. The number of guanidine groups is 1. The summed E-state index contributed by atoms with van der Waals surface area (Å²) in [5, 5.41) is 3.40. The number of hydrogen-bond acceptors (Lipinski definition) is 3. The lowest BCUT2D eigenvalue weighted by molar-refractivity contribution is -0.0667. The fourth-order valence-electron chi connectivity index (χ4n) is 3.10. The molecule has 27 heavy (non-hydrogen) atoms. The zero-order valence-electron chi connectivity index (χ0n) is 17.9. The third-order valence-electron chi connectivity index (χ3n) is 6.13. The molecule has 0 amide bonds. The van der Waals surface area contributed by atoms with Crippen LogP contribution in [0.15, 0.2) is 34.2 Å². The molecule has 0 atom stereocenters. The van der Waals surface area contributed by atoms with Crippen molar-refractivity contribution in [2.45, 2.75) is 64.6 Å². The number of likely N-dealkylation sites (tertiary alicyclic amines) is 1. The van der Waals surface area contributed by atoms with E-state index in [2.05, 4.69) is 42.9 Å². The van der Waals surface area contributed by atoms with E-state index in [1.807, 2.05) is 26.0 Å². The molecule has 152 valence electrons. The van der Waals surface area contributed by atoms with Crippen LogP contribution in [-0.4, -0.2) is 55.8 Å². The second-order valence-corrected chi connectivity index (χ2v) is 10.7. The topological polar surface area (TPSA) is 65.0 Å². The molecule has 1 aliphatic rings. The molecular formula is C20H34N4O2S. The molecule has 0 aromatic heterocycles. The van der Waals surface area contributed by atoms with Crippen molar-refractivity contribution in [2.24, 2.45) is 10.4 Å². The highest BCUT2D eigenvalue weighted by Crippen LogP contribution is 2.46. The molecule has 0 saturated carbocycles. The fraction of sp³-hybridized carbons (Fsp3) is 0.650. The van der Waals surface area contributed by atoms with E-state index >= 15 is 0 Å². The lowest BCUT2D eigenvalue weighted by Crippen LogP contribution is -2.72. The Morgan fingerprint density at radius 2 is 1.78 bits per heavy atom. The van der Waals surface area contributed by atoms with Gasteiger partial charge < -0.3 is 10.2 Å². The highest BCUT2D eigenvalue weighted by atomic mass is 32.2. The van der Waals surface area contributed by atoms with Gasteiger partial charge in [0.1, 0.15) is 0 Å². The normalized spacial score (nSPS) is 19.3. The first kappa shape index (κ1) is 21.7. The average molecular weight is 395 g/mol. The molecule has 1 aromatic rings. The number of nitrogens with zero attached hydrogens (tertiary/aromatic N) is 3. The maximum absolute atomic E-state index is 12.6. The van der Waals surface area contributed by atoms with Gasteiger partial charge in [0.15, 0.2) is 5.96 Å². The van der Waals surface area contributed by atoms with Gasteiger partial charge >= 0.3 is 0 Å². The van der Waals surface area contributed by atoms with Crippen molar-refractivity contribution in [1.82, 2.24) is 14.5 Å². The van der Waals surface area contributed by atoms with Gasteiger partial charge in [-0.1, -0.05) is 26.0 Å². The van der Waals surface area contributed by atoms with Crippen LogP contribution in [0.3, 0.4) is 0 Å². The number of aliphatic imine (C=N–C) groups is 1. The van der Waals surface area contributed by atoms with Crippen molar-refractivity contribution in [3.05, 3.63) is 29.8 Å². The van der Waals surface area contributed by atoms with Gasteiger partial charge in [-0.2, -0.15) is 4.31 Å². The first-order valence-corrected chi connectivity index (χ1v) is 10.8. The van der Waals surface area contributed by atoms with Crippen molar-refractivity contribution >= 4 is 16.0 Å². The molecular weight excluding hydrogens is 360 g/mol. The van der Waals surface area contributed by atoms with Crippen LogP contribution in [0, 0.1) is 5.41 Å². The zero-order chi connectivity index (χ0) is 20.6. The number of benzene rings is 1. The predicted octanol–water partition coefficient (Wildman–Crippen LogP) is 2.91. The van der Waals surface area contributed by atoms with Crippen LogP contribution in [0.4, 0.5) is 0 Å². The summed E-state index contributed by atoms with van der Waals surface area (Å²) < 4.78 is 26.5. The molecule has 0 spiro atoms. The summed E-state index contributed by atoms with van der Waals surface area (Å²) >= 11 is 0. The van der Waals surface area contributed by atoms with Crippen molar-refractivity contribution in [3.8, 4) is 0 Å². The molecule has 1 aliphatic heterocycles. The van der Waals surface area contributed by atoms with E-state index in [-0.39, 0.29) is 17.0 Å². The number of nitrogens with one attached hydrogen (secondary N) is 1. The van der Waals surface area contributed by atoms with E-state index in [0.717, 1.165) is 18.1 Å². The van der Waals surface area contributed by atoms with E-state index < -0.39 is 10.0 Å². The van der Waals surface area contributed by atoms with Gasteiger partial charge in [-0.05, 0) is 45.4 Å². The van der Waals surface area contributed by atoms with Crippen LogP contribution < -0.4 is 5.32 Å². The van der Waals surface area contributed by atoms with Gasteiger partial charge in [0, 0.05) is 44.2 Å². The summed E-state index contributed by atoms with van der Waals surface area (Å²) in [6.07, 6.45) is 0. The zero-order valence-corrected chi connectivity index (χ0v) is 18.7. The maximum atomic E-state index is 12.6. The summed E-state index contributed by atoms with van der Waals surface area (Å²) in [5.41, 5.74) is 1.29. The van der Waals surface area contributed by atoms with Crippen LogP contribution in [0.5, 0.6) is 0 Å². The van der Waals surface area contributed by atoms with E-state index in [0.29, 0.717) is 11.4 Å². The van der Waals surface area contributed by atoms with Crippen molar-refractivity contribution in [2.75, 3.05) is 20.6 Å². The molecule has 0 unspecified atom stereocenters. The lowest BCUT2D eigenvalue weighted by Gasteiger charge is -2.62. The minimum atomic E-state index is -3.45. The molecule has 7 heteroatoms. The Kier molecular flexibility index (Phi) is 5.97. The molecule has 0 aliphatic carbocycles. The first-order chi connectivity index (χ1) is 12.3. The molecule has 2 rings (SSSR count). The Labute approximate surface area is 164 Å². The van der Waals surface area contributed by atoms with Gasteiger partial charge in [-0.15, -0.1) is 0 Å². The van der Waals surface area contributed by atoms with Crippen LogP contribution in [0.2, 0.25) is 0 Å². The van der Waals surface area contributed by atoms with Crippen LogP contribution in [0.25, 0.3) is 0 Å². The quantitative estimate of drug-likeness (QED) is 0.616. The van der Waals surface area contributed by atoms with Gasteiger partial charge in [0.05, 0.1) is 4.90 Å². The summed E-state index contributed by atoms with van der Waals surface area (Å²) in [6.45, 7) is 14.3. The standard InChI is InChI=1S/C20H34N4O2S/c1-15(2)23(8)27(25,26)17-11-9-16(10-12-17)13-22-18(21-7)24-14-19(3,4)20(24,5)6/h9-12,15H,13-14H2,1-8H3,(H,21,22). The fourth-order valence-corrected chi connectivity index (χ4v) is 4.47. The summed E-state index contributed by atoms with van der Waals surface area (Å²) in [6, 6.07) is 6.97. The summed E-state index contributed by atoms with van der Waals surface area (Å²) in [7, 11) is -0.0469. The Bertz CT molecular complexity index is 796. The first-order valence-electron chi connectivity index (χ1n) is 9.40. The number of sulfonamides is 1. The number of hydrogen-bond donors (Lipinski definition) is 1. The van der Waals surface area contributed by atoms with E-state index in [9.17, 15) is 8.42 Å². The minimum absolute atomic E-state index is 0.0359. The number of rotatable bonds is 5. The molecule has 0 radical (unpaired) electrons. The highest BCUT2D eigenvalue weighted by molar-refractivity contribution is 7.89. The molecule has 1 N–H and O–H groups in total. The molecule has 1 saturated heterocycles. The van der Waals surface area contributed by atoms with E-state index in [4.69, 9.17) is 0 Å².